The van der Waals surface area contributed by atoms with E-state index in [1.807, 2.05) is 12.1 Å². The van der Waals surface area contributed by atoms with Gasteiger partial charge in [0.25, 0.3) is 6.43 Å². The van der Waals surface area contributed by atoms with Gasteiger partial charge in [-0.3, -0.25) is 4.79 Å². The fraction of sp³-hybridized carbons (Fsp3) is 0.500. The molecule has 0 aromatic carbocycles. The van der Waals surface area contributed by atoms with Crippen molar-refractivity contribution in [1.82, 2.24) is 0 Å². The van der Waals surface area contributed by atoms with Crippen LogP contribution in [0.1, 0.15) is 11.3 Å². The Balaban J connectivity index is 2.16. The Hall–Kier alpha value is -0.330. The van der Waals surface area contributed by atoms with Crippen LogP contribution in [0.4, 0.5) is 8.78 Å². The highest BCUT2D eigenvalue weighted by atomic mass is 79.9. The van der Waals surface area contributed by atoms with E-state index in [1.54, 1.807) is 0 Å². The summed E-state index contributed by atoms with van der Waals surface area (Å²) >= 11 is 4.80. The van der Waals surface area contributed by atoms with Crippen molar-refractivity contribution in [3.05, 3.63) is 20.8 Å². The van der Waals surface area contributed by atoms with Crippen LogP contribution in [0.2, 0.25) is 0 Å². The monoisotopic (exact) mass is 312 g/mol. The predicted molar refractivity (Wildman–Crippen MR) is 62.2 cm³/mol. The molecule has 1 rings (SSSR count). The van der Waals surface area contributed by atoms with E-state index in [1.165, 1.54) is 11.3 Å². The van der Waals surface area contributed by atoms with Gasteiger partial charge < -0.3 is 4.74 Å². The van der Waals surface area contributed by atoms with Gasteiger partial charge in [-0.05, 0) is 28.1 Å². The lowest BCUT2D eigenvalue weighted by Crippen LogP contribution is -2.10. The molecular formula is C10H11BrF2O2S. The largest absolute Gasteiger partial charge is 0.375 e. The summed E-state index contributed by atoms with van der Waals surface area (Å²) in [6.45, 7) is -0.534. The van der Waals surface area contributed by atoms with Gasteiger partial charge in [-0.2, -0.15) is 0 Å². The smallest absolute Gasteiger partial charge is 0.261 e. The zero-order valence-electron chi connectivity index (χ0n) is 8.42. The van der Waals surface area contributed by atoms with Crippen molar-refractivity contribution in [2.45, 2.75) is 19.3 Å². The van der Waals surface area contributed by atoms with E-state index in [0.717, 1.165) is 8.66 Å². The summed E-state index contributed by atoms with van der Waals surface area (Å²) in [6, 6.07) is 3.74. The fourth-order valence-electron chi connectivity index (χ4n) is 1.09. The van der Waals surface area contributed by atoms with Crippen LogP contribution in [-0.2, 0) is 16.0 Å². The highest BCUT2D eigenvalue weighted by Gasteiger charge is 2.07. The maximum absolute atomic E-state index is 11.7. The summed E-state index contributed by atoms with van der Waals surface area (Å²) in [4.78, 5) is 12.4. The molecule has 0 aliphatic carbocycles. The summed E-state index contributed by atoms with van der Waals surface area (Å²) < 4.78 is 29.0. The van der Waals surface area contributed by atoms with Crippen molar-refractivity contribution in [3.63, 3.8) is 0 Å². The van der Waals surface area contributed by atoms with Crippen LogP contribution in [0.5, 0.6) is 0 Å². The summed E-state index contributed by atoms with van der Waals surface area (Å²) in [6.07, 6.45) is -1.94. The first kappa shape index (κ1) is 13.7. The number of carbonyl (C=O) groups is 1. The molecule has 0 N–H and O–H groups in total. The maximum Gasteiger partial charge on any atom is 0.261 e. The molecule has 0 bridgehead atoms. The average molecular weight is 313 g/mol. The normalized spacial score (nSPS) is 11.0. The highest BCUT2D eigenvalue weighted by molar-refractivity contribution is 9.11. The lowest BCUT2D eigenvalue weighted by atomic mass is 10.2. The summed E-state index contributed by atoms with van der Waals surface area (Å²) in [5.74, 6) is 0.00335. The van der Waals surface area contributed by atoms with Gasteiger partial charge in [0.2, 0.25) is 0 Å². The Labute approximate surface area is 105 Å². The average Bonchev–Trinajstić information content (AvgIpc) is 2.58. The minimum Gasteiger partial charge on any atom is -0.375 e. The van der Waals surface area contributed by atoms with Gasteiger partial charge >= 0.3 is 0 Å². The molecule has 90 valence electrons. The van der Waals surface area contributed by atoms with E-state index < -0.39 is 13.0 Å². The first-order chi connectivity index (χ1) is 7.58. The molecular weight excluding hydrogens is 302 g/mol. The lowest BCUT2D eigenvalue weighted by Gasteiger charge is -2.02. The molecule has 0 aliphatic heterocycles. The minimum absolute atomic E-state index is 0.00335. The van der Waals surface area contributed by atoms with Gasteiger partial charge in [-0.15, -0.1) is 11.3 Å². The lowest BCUT2D eigenvalue weighted by molar-refractivity contribution is -0.119. The molecule has 0 radical (unpaired) electrons. The Kier molecular flexibility index (Phi) is 6.08. The van der Waals surface area contributed by atoms with Crippen molar-refractivity contribution in [3.8, 4) is 0 Å². The van der Waals surface area contributed by atoms with E-state index in [-0.39, 0.29) is 18.8 Å². The van der Waals surface area contributed by atoms with Crippen LogP contribution in [0.15, 0.2) is 15.9 Å². The molecule has 0 fully saturated rings. The van der Waals surface area contributed by atoms with Gasteiger partial charge in [0.1, 0.15) is 12.4 Å². The summed E-state index contributed by atoms with van der Waals surface area (Å²) in [7, 11) is 0. The van der Waals surface area contributed by atoms with Gasteiger partial charge in [0.15, 0.2) is 0 Å². The second kappa shape index (κ2) is 7.09. The number of ketones is 1. The molecule has 1 heterocycles. The van der Waals surface area contributed by atoms with Gasteiger partial charge in [0.05, 0.1) is 10.4 Å². The molecule has 6 heteroatoms. The van der Waals surface area contributed by atoms with Crippen LogP contribution >= 0.6 is 27.3 Å². The maximum atomic E-state index is 11.7. The Morgan fingerprint density at radius 1 is 1.50 bits per heavy atom. The first-order valence-electron chi connectivity index (χ1n) is 4.69. The van der Waals surface area contributed by atoms with Gasteiger partial charge in [-0.1, -0.05) is 0 Å². The highest BCUT2D eigenvalue weighted by Crippen LogP contribution is 2.22. The Morgan fingerprint density at radius 2 is 2.25 bits per heavy atom. The number of thiophene rings is 1. The van der Waals surface area contributed by atoms with E-state index in [9.17, 15) is 13.6 Å². The molecule has 1 aromatic rings. The molecule has 0 unspecified atom stereocenters. The summed E-state index contributed by atoms with van der Waals surface area (Å²) in [5.41, 5.74) is 0. The third-order valence-electron chi connectivity index (χ3n) is 1.77. The van der Waals surface area contributed by atoms with Crippen molar-refractivity contribution in [2.24, 2.45) is 0 Å². The number of alkyl halides is 2. The zero-order chi connectivity index (χ0) is 12.0. The zero-order valence-corrected chi connectivity index (χ0v) is 10.8. The van der Waals surface area contributed by atoms with Crippen LogP contribution < -0.4 is 0 Å². The molecule has 0 amide bonds. The number of hydrogen-bond acceptors (Lipinski definition) is 3. The standard InChI is InChI=1S/C10H11BrF2O2S/c11-9-2-1-8(16-9)5-7(14)3-4-15-6-10(12)13/h1-2,10H,3-6H2. The predicted octanol–water partition coefficient (Wildman–Crippen LogP) is 3.29. The van der Waals surface area contributed by atoms with Crippen LogP contribution in [-0.4, -0.2) is 25.4 Å². The molecule has 1 aromatic heterocycles. The van der Waals surface area contributed by atoms with E-state index in [0.29, 0.717) is 6.42 Å². The quantitative estimate of drug-likeness (QED) is 0.722. The molecule has 0 saturated heterocycles. The van der Waals surface area contributed by atoms with Crippen molar-refractivity contribution >= 4 is 33.0 Å². The van der Waals surface area contributed by atoms with Crippen LogP contribution in [0, 0.1) is 0 Å². The number of rotatable bonds is 7. The molecule has 0 saturated carbocycles. The molecule has 0 atom stereocenters. The Morgan fingerprint density at radius 3 is 2.81 bits per heavy atom. The van der Waals surface area contributed by atoms with Gasteiger partial charge in [-0.25, -0.2) is 8.78 Å². The van der Waals surface area contributed by atoms with Crippen LogP contribution in [0.3, 0.4) is 0 Å². The van der Waals surface area contributed by atoms with E-state index >= 15 is 0 Å². The van der Waals surface area contributed by atoms with Crippen molar-refractivity contribution in [1.29, 1.82) is 0 Å². The number of ether oxygens (including phenoxy) is 1. The first-order valence-corrected chi connectivity index (χ1v) is 6.30. The SMILES string of the molecule is O=C(CCOCC(F)F)Cc1ccc(Br)s1. The number of hydrogen-bond donors (Lipinski definition) is 0. The number of carbonyl (C=O) groups excluding carboxylic acids is 1. The second-order valence-electron chi connectivity index (χ2n) is 3.14. The third kappa shape index (κ3) is 5.67. The number of Topliss-reactive ketones (excluding diaryl/α,β-unsaturated/α-hetero) is 1. The van der Waals surface area contributed by atoms with Crippen molar-refractivity contribution in [2.75, 3.05) is 13.2 Å². The minimum atomic E-state index is -2.47. The third-order valence-corrected chi connectivity index (χ3v) is 3.39. The van der Waals surface area contributed by atoms with Gasteiger partial charge in [0, 0.05) is 17.7 Å². The van der Waals surface area contributed by atoms with Crippen molar-refractivity contribution < 1.29 is 18.3 Å². The summed E-state index contributed by atoms with van der Waals surface area (Å²) in [5, 5.41) is 0. The van der Waals surface area contributed by atoms with E-state index in [4.69, 9.17) is 0 Å². The number of halogens is 3. The molecule has 0 spiro atoms. The second-order valence-corrected chi connectivity index (χ2v) is 5.68. The van der Waals surface area contributed by atoms with Crippen LogP contribution in [0.25, 0.3) is 0 Å². The Bertz CT molecular complexity index is 341. The molecule has 2 nitrogen and oxygen atoms in total. The molecule has 0 aliphatic rings. The topological polar surface area (TPSA) is 26.3 Å². The van der Waals surface area contributed by atoms with E-state index in [2.05, 4.69) is 20.7 Å². The molecule has 16 heavy (non-hydrogen) atoms. The fourth-order valence-corrected chi connectivity index (χ4v) is 2.60.